The fraction of sp³-hybridized carbons (Fsp3) is 0.367. The smallest absolute Gasteiger partial charge is 0.227 e. The third-order valence-electron chi connectivity index (χ3n) is 6.61. The van der Waals surface area contributed by atoms with E-state index in [1.165, 1.54) is 12.8 Å². The maximum Gasteiger partial charge on any atom is 0.227 e. The number of aliphatic hydroxyl groups excluding tert-OH is 1. The summed E-state index contributed by atoms with van der Waals surface area (Å²) in [6.07, 6.45) is 3.42. The second kappa shape index (κ2) is 12.3. The molecule has 0 amide bonds. The van der Waals surface area contributed by atoms with E-state index < -0.39 is 6.10 Å². The van der Waals surface area contributed by atoms with Crippen LogP contribution in [0.2, 0.25) is 0 Å². The zero-order chi connectivity index (χ0) is 26.3. The van der Waals surface area contributed by atoms with Crippen molar-refractivity contribution in [3.63, 3.8) is 0 Å². The molecule has 5 rings (SSSR count). The molecule has 4 aromatic rings. The molecule has 0 bridgehead atoms. The van der Waals surface area contributed by atoms with Crippen LogP contribution >= 0.6 is 0 Å². The number of methoxy groups -OCH3 is 1. The minimum absolute atomic E-state index is 0.231. The van der Waals surface area contributed by atoms with Gasteiger partial charge in [0.1, 0.15) is 12.4 Å². The van der Waals surface area contributed by atoms with Gasteiger partial charge in [-0.05, 0) is 62.1 Å². The van der Waals surface area contributed by atoms with Gasteiger partial charge in [0.15, 0.2) is 11.5 Å². The van der Waals surface area contributed by atoms with Gasteiger partial charge in [-0.25, -0.2) is 4.68 Å². The van der Waals surface area contributed by atoms with Crippen molar-refractivity contribution in [1.29, 1.82) is 0 Å². The third kappa shape index (κ3) is 6.64. The molecular formula is C30H35N3O5. The van der Waals surface area contributed by atoms with Gasteiger partial charge in [-0.2, -0.15) is 5.10 Å². The Morgan fingerprint density at radius 3 is 2.53 bits per heavy atom. The Hall–Kier alpha value is -3.59. The molecule has 2 aromatic carbocycles. The summed E-state index contributed by atoms with van der Waals surface area (Å²) in [5, 5.41) is 15.7. The van der Waals surface area contributed by atoms with Crippen molar-refractivity contribution in [3.8, 4) is 23.1 Å². The van der Waals surface area contributed by atoms with Crippen LogP contribution in [-0.2, 0) is 17.9 Å². The molecule has 0 spiro atoms. The average Bonchev–Trinajstić information content (AvgIpc) is 3.49. The molecule has 1 unspecified atom stereocenters. The minimum Gasteiger partial charge on any atom is -0.493 e. The Balaban J connectivity index is 1.38. The van der Waals surface area contributed by atoms with Crippen LogP contribution in [0, 0.1) is 12.8 Å². The summed E-state index contributed by atoms with van der Waals surface area (Å²) in [6.45, 7) is 4.55. The standard InChI is InChI=1S/C30H35N3O5/c1-22-27(19-32(17-23-14-15-23)18-25(34)20-36-21-26-11-8-16-37-26)30(33(31-22)24-9-4-3-5-10-24)38-29-13-7-6-12-28(29)35-2/h3-13,16,23,25,34H,14-15,17-21H2,1-2H3. The zero-order valence-corrected chi connectivity index (χ0v) is 22.0. The summed E-state index contributed by atoms with van der Waals surface area (Å²) < 4.78 is 24.9. The summed E-state index contributed by atoms with van der Waals surface area (Å²) in [6, 6.07) is 21.3. The van der Waals surface area contributed by atoms with Crippen molar-refractivity contribution >= 4 is 0 Å². The van der Waals surface area contributed by atoms with Crippen molar-refractivity contribution in [2.45, 2.75) is 39.0 Å². The van der Waals surface area contributed by atoms with Crippen LogP contribution < -0.4 is 9.47 Å². The third-order valence-corrected chi connectivity index (χ3v) is 6.61. The minimum atomic E-state index is -0.633. The SMILES string of the molecule is COc1ccccc1Oc1c(CN(CC(O)COCc2ccco2)CC2CC2)c(C)nn1-c1ccccc1. The summed E-state index contributed by atoms with van der Waals surface area (Å²) in [7, 11) is 1.63. The van der Waals surface area contributed by atoms with Crippen molar-refractivity contribution in [3.05, 3.63) is 90.0 Å². The molecule has 1 aliphatic carbocycles. The number of hydrogen-bond acceptors (Lipinski definition) is 7. The molecule has 8 nitrogen and oxygen atoms in total. The van der Waals surface area contributed by atoms with Crippen molar-refractivity contribution in [1.82, 2.24) is 14.7 Å². The van der Waals surface area contributed by atoms with Gasteiger partial charge in [0.2, 0.25) is 5.88 Å². The number of rotatable bonds is 14. The van der Waals surface area contributed by atoms with Crippen LogP contribution in [-0.4, -0.2) is 52.7 Å². The average molecular weight is 518 g/mol. The maximum absolute atomic E-state index is 10.8. The van der Waals surface area contributed by atoms with Crippen molar-refractivity contribution < 1.29 is 23.7 Å². The lowest BCUT2D eigenvalue weighted by molar-refractivity contribution is 0.00307. The number of ether oxygens (including phenoxy) is 3. The number of aryl methyl sites for hydroxylation is 1. The molecule has 0 saturated heterocycles. The molecule has 0 radical (unpaired) electrons. The Morgan fingerprint density at radius 1 is 1.05 bits per heavy atom. The van der Waals surface area contributed by atoms with Gasteiger partial charge in [-0.1, -0.05) is 30.3 Å². The molecule has 1 N–H and O–H groups in total. The van der Waals surface area contributed by atoms with Gasteiger partial charge in [0.25, 0.3) is 0 Å². The highest BCUT2D eigenvalue weighted by Crippen LogP contribution is 2.37. The van der Waals surface area contributed by atoms with E-state index in [-0.39, 0.29) is 6.61 Å². The number of hydrogen-bond donors (Lipinski definition) is 1. The Labute approximate surface area is 223 Å². The summed E-state index contributed by atoms with van der Waals surface area (Å²) in [4.78, 5) is 2.28. The van der Waals surface area contributed by atoms with E-state index in [4.69, 9.17) is 23.7 Å². The fourth-order valence-electron chi connectivity index (χ4n) is 4.51. The molecule has 1 fully saturated rings. The summed E-state index contributed by atoms with van der Waals surface area (Å²) >= 11 is 0. The first-order valence-electron chi connectivity index (χ1n) is 13.1. The first-order valence-corrected chi connectivity index (χ1v) is 13.1. The zero-order valence-electron chi connectivity index (χ0n) is 22.0. The number of nitrogens with zero attached hydrogens (tertiary/aromatic N) is 3. The van der Waals surface area contributed by atoms with Crippen LogP contribution in [0.3, 0.4) is 0 Å². The van der Waals surface area contributed by atoms with E-state index in [2.05, 4.69) is 4.90 Å². The Kier molecular flexibility index (Phi) is 8.43. The molecule has 1 saturated carbocycles. The molecule has 38 heavy (non-hydrogen) atoms. The summed E-state index contributed by atoms with van der Waals surface area (Å²) in [5.41, 5.74) is 2.76. The highest BCUT2D eigenvalue weighted by Gasteiger charge is 2.28. The monoisotopic (exact) mass is 517 g/mol. The van der Waals surface area contributed by atoms with Crippen LogP contribution in [0.1, 0.15) is 29.9 Å². The van der Waals surface area contributed by atoms with Crippen LogP contribution in [0.15, 0.2) is 77.4 Å². The molecule has 8 heteroatoms. The van der Waals surface area contributed by atoms with Crippen LogP contribution in [0.4, 0.5) is 0 Å². The normalized spacial score (nSPS) is 14.1. The van der Waals surface area contributed by atoms with Crippen molar-refractivity contribution in [2.24, 2.45) is 5.92 Å². The lowest BCUT2D eigenvalue weighted by atomic mass is 10.2. The largest absolute Gasteiger partial charge is 0.493 e. The lowest BCUT2D eigenvalue weighted by Gasteiger charge is -2.25. The second-order valence-corrected chi connectivity index (χ2v) is 9.76. The molecule has 1 aliphatic rings. The number of para-hydroxylation sites is 3. The highest BCUT2D eigenvalue weighted by molar-refractivity contribution is 5.47. The highest BCUT2D eigenvalue weighted by atomic mass is 16.5. The quantitative estimate of drug-likeness (QED) is 0.241. The van der Waals surface area contributed by atoms with E-state index in [1.807, 2.05) is 78.3 Å². The number of aromatic nitrogens is 2. The van der Waals surface area contributed by atoms with Crippen molar-refractivity contribution in [2.75, 3.05) is 26.8 Å². The second-order valence-electron chi connectivity index (χ2n) is 9.76. The van der Waals surface area contributed by atoms with Gasteiger partial charge in [0, 0.05) is 19.6 Å². The first-order chi connectivity index (χ1) is 18.6. The van der Waals surface area contributed by atoms with Crippen LogP contribution in [0.5, 0.6) is 17.4 Å². The predicted octanol–water partition coefficient (Wildman–Crippen LogP) is 5.36. The lowest BCUT2D eigenvalue weighted by Crippen LogP contribution is -2.36. The summed E-state index contributed by atoms with van der Waals surface area (Å²) in [5.74, 6) is 3.30. The van der Waals surface area contributed by atoms with E-state index in [9.17, 15) is 5.11 Å². The Bertz CT molecular complexity index is 1280. The topological polar surface area (TPSA) is 82.1 Å². The van der Waals surface area contributed by atoms with E-state index >= 15 is 0 Å². The van der Waals surface area contributed by atoms with Crippen LogP contribution in [0.25, 0.3) is 5.69 Å². The first kappa shape index (κ1) is 26.0. The molecule has 1 atom stereocenters. The van der Waals surface area contributed by atoms with E-state index in [0.717, 1.165) is 29.2 Å². The molecule has 200 valence electrons. The van der Waals surface area contributed by atoms with Gasteiger partial charge in [-0.3, -0.25) is 4.90 Å². The number of furan rings is 1. The van der Waals surface area contributed by atoms with E-state index in [0.29, 0.717) is 43.0 Å². The predicted molar refractivity (Wildman–Crippen MR) is 144 cm³/mol. The fourth-order valence-corrected chi connectivity index (χ4v) is 4.51. The molecular weight excluding hydrogens is 482 g/mol. The molecule has 2 heterocycles. The number of aliphatic hydroxyl groups is 1. The number of benzene rings is 2. The van der Waals surface area contributed by atoms with Gasteiger partial charge in [0.05, 0.1) is 43.0 Å². The van der Waals surface area contributed by atoms with Gasteiger partial charge in [-0.15, -0.1) is 0 Å². The molecule has 0 aliphatic heterocycles. The van der Waals surface area contributed by atoms with Gasteiger partial charge < -0.3 is 23.7 Å². The van der Waals surface area contributed by atoms with Gasteiger partial charge >= 0.3 is 0 Å². The molecule has 2 aromatic heterocycles. The van der Waals surface area contributed by atoms with E-state index in [1.54, 1.807) is 13.4 Å². The Morgan fingerprint density at radius 2 is 1.82 bits per heavy atom. The maximum atomic E-state index is 10.8.